The number of hydrogen-bond donors (Lipinski definition) is 2. The van der Waals surface area contributed by atoms with Crippen LogP contribution in [0.25, 0.3) is 0 Å². The van der Waals surface area contributed by atoms with Crippen LogP contribution in [0.2, 0.25) is 0 Å². The number of rotatable bonds is 6. The summed E-state index contributed by atoms with van der Waals surface area (Å²) >= 11 is 5.95. The Hall–Kier alpha value is -1.26. The van der Waals surface area contributed by atoms with Crippen molar-refractivity contribution in [2.24, 2.45) is 0 Å². The third-order valence-electron chi connectivity index (χ3n) is 2.64. The van der Waals surface area contributed by atoms with Crippen molar-refractivity contribution < 1.29 is 14.6 Å². The van der Waals surface area contributed by atoms with E-state index in [2.05, 4.69) is 5.32 Å². The lowest BCUT2D eigenvalue weighted by Crippen LogP contribution is -2.27. The van der Waals surface area contributed by atoms with Crippen molar-refractivity contribution in [2.45, 2.75) is 18.7 Å². The Balaban J connectivity index is 2.48. The van der Waals surface area contributed by atoms with Gasteiger partial charge in [-0.1, -0.05) is 6.07 Å². The number of ether oxygens (including phenoxy) is 1. The molecule has 18 heavy (non-hydrogen) atoms. The van der Waals surface area contributed by atoms with Crippen LogP contribution in [0.1, 0.15) is 22.3 Å². The molecule has 0 saturated carbocycles. The SMILES string of the molecule is COCC(Cl)CCNC(=O)c1cccc(O)c1C. The molecule has 0 saturated heterocycles. The van der Waals surface area contributed by atoms with Gasteiger partial charge >= 0.3 is 0 Å². The van der Waals surface area contributed by atoms with E-state index in [0.29, 0.717) is 30.7 Å². The van der Waals surface area contributed by atoms with Crippen LogP contribution in [-0.4, -0.2) is 36.7 Å². The van der Waals surface area contributed by atoms with E-state index in [1.807, 2.05) is 0 Å². The third kappa shape index (κ3) is 4.20. The Morgan fingerprint density at radius 2 is 2.28 bits per heavy atom. The predicted molar refractivity (Wildman–Crippen MR) is 71.3 cm³/mol. The summed E-state index contributed by atoms with van der Waals surface area (Å²) in [5.74, 6) is -0.0815. The number of methoxy groups -OCH3 is 1. The van der Waals surface area contributed by atoms with E-state index < -0.39 is 0 Å². The molecule has 0 spiro atoms. The molecule has 1 unspecified atom stereocenters. The topological polar surface area (TPSA) is 58.6 Å². The van der Waals surface area contributed by atoms with Gasteiger partial charge in [0.1, 0.15) is 5.75 Å². The van der Waals surface area contributed by atoms with Gasteiger partial charge < -0.3 is 15.2 Å². The normalized spacial score (nSPS) is 12.2. The number of alkyl halides is 1. The van der Waals surface area contributed by atoms with E-state index >= 15 is 0 Å². The maximum Gasteiger partial charge on any atom is 0.251 e. The Morgan fingerprint density at radius 1 is 1.56 bits per heavy atom. The number of carbonyl (C=O) groups excluding carboxylic acids is 1. The Kier molecular flexibility index (Phi) is 5.95. The third-order valence-corrected chi connectivity index (χ3v) is 2.98. The molecule has 0 aliphatic carbocycles. The maximum atomic E-state index is 11.9. The second-order valence-electron chi connectivity index (χ2n) is 4.05. The monoisotopic (exact) mass is 271 g/mol. The number of phenolic OH excluding ortho intramolecular Hbond substituents is 1. The minimum atomic E-state index is -0.204. The summed E-state index contributed by atoms with van der Waals surface area (Å²) in [5, 5.41) is 12.2. The van der Waals surface area contributed by atoms with Gasteiger partial charge in [0, 0.05) is 24.8 Å². The molecule has 0 aliphatic rings. The Bertz CT molecular complexity index is 409. The van der Waals surface area contributed by atoms with Crippen molar-refractivity contribution in [1.29, 1.82) is 0 Å². The molecule has 1 atom stereocenters. The first-order valence-electron chi connectivity index (χ1n) is 5.76. The van der Waals surface area contributed by atoms with Crippen LogP contribution in [0.4, 0.5) is 0 Å². The van der Waals surface area contributed by atoms with Crippen LogP contribution in [0.3, 0.4) is 0 Å². The summed E-state index contributed by atoms with van der Waals surface area (Å²) in [6.07, 6.45) is 0.638. The summed E-state index contributed by atoms with van der Waals surface area (Å²) in [4.78, 5) is 11.9. The lowest BCUT2D eigenvalue weighted by molar-refractivity contribution is 0.0950. The zero-order chi connectivity index (χ0) is 13.5. The van der Waals surface area contributed by atoms with Gasteiger partial charge in [-0.15, -0.1) is 11.6 Å². The number of halogens is 1. The molecule has 4 nitrogen and oxygen atoms in total. The van der Waals surface area contributed by atoms with Crippen molar-refractivity contribution in [1.82, 2.24) is 5.32 Å². The average Bonchev–Trinajstić information content (AvgIpc) is 2.33. The largest absolute Gasteiger partial charge is 0.508 e. The molecule has 5 heteroatoms. The quantitative estimate of drug-likeness (QED) is 0.779. The molecule has 0 fully saturated rings. The fraction of sp³-hybridized carbons (Fsp3) is 0.462. The standard InChI is InChI=1S/C13H18ClNO3/c1-9-11(4-3-5-12(9)16)13(17)15-7-6-10(14)8-18-2/h3-5,10,16H,6-8H2,1-2H3,(H,15,17). The molecule has 100 valence electrons. The lowest BCUT2D eigenvalue weighted by atomic mass is 10.1. The highest BCUT2D eigenvalue weighted by Gasteiger charge is 2.11. The highest BCUT2D eigenvalue weighted by Crippen LogP contribution is 2.19. The minimum absolute atomic E-state index is 0.111. The van der Waals surface area contributed by atoms with Crippen LogP contribution >= 0.6 is 11.6 Å². The number of phenols is 1. The number of benzene rings is 1. The second kappa shape index (κ2) is 7.24. The van der Waals surface area contributed by atoms with Gasteiger partial charge in [-0.2, -0.15) is 0 Å². The zero-order valence-electron chi connectivity index (χ0n) is 10.6. The van der Waals surface area contributed by atoms with Crippen LogP contribution < -0.4 is 5.32 Å². The van der Waals surface area contributed by atoms with Crippen molar-refractivity contribution in [3.8, 4) is 5.75 Å². The molecule has 0 radical (unpaired) electrons. The smallest absolute Gasteiger partial charge is 0.251 e. The van der Waals surface area contributed by atoms with E-state index in [0.717, 1.165) is 0 Å². The number of carbonyl (C=O) groups is 1. The Labute approximate surface area is 112 Å². The molecule has 1 amide bonds. The summed E-state index contributed by atoms with van der Waals surface area (Å²) in [5.41, 5.74) is 1.06. The summed E-state index contributed by atoms with van der Waals surface area (Å²) in [6.45, 7) is 2.65. The number of aromatic hydroxyl groups is 1. The molecule has 1 rings (SSSR count). The molecule has 2 N–H and O–H groups in total. The molecule has 1 aromatic carbocycles. The van der Waals surface area contributed by atoms with Gasteiger partial charge in [0.25, 0.3) is 5.91 Å². The van der Waals surface area contributed by atoms with Crippen LogP contribution in [0.15, 0.2) is 18.2 Å². The molecular weight excluding hydrogens is 254 g/mol. The van der Waals surface area contributed by atoms with Gasteiger partial charge in [0.15, 0.2) is 0 Å². The number of amides is 1. The molecule has 0 aromatic heterocycles. The highest BCUT2D eigenvalue weighted by atomic mass is 35.5. The molecule has 0 heterocycles. The summed E-state index contributed by atoms with van der Waals surface area (Å²) in [6, 6.07) is 4.88. The van der Waals surface area contributed by atoms with Crippen molar-refractivity contribution >= 4 is 17.5 Å². The number of nitrogens with one attached hydrogen (secondary N) is 1. The molecular formula is C13H18ClNO3. The lowest BCUT2D eigenvalue weighted by Gasteiger charge is -2.11. The van der Waals surface area contributed by atoms with E-state index in [1.54, 1.807) is 32.2 Å². The average molecular weight is 272 g/mol. The fourth-order valence-electron chi connectivity index (χ4n) is 1.57. The van der Waals surface area contributed by atoms with Crippen molar-refractivity contribution in [2.75, 3.05) is 20.3 Å². The summed E-state index contributed by atoms with van der Waals surface area (Å²) < 4.78 is 4.90. The van der Waals surface area contributed by atoms with Gasteiger partial charge in [-0.25, -0.2) is 0 Å². The first-order chi connectivity index (χ1) is 8.56. The van der Waals surface area contributed by atoms with E-state index in [-0.39, 0.29) is 17.0 Å². The predicted octanol–water partition coefficient (Wildman–Crippen LogP) is 2.07. The second-order valence-corrected chi connectivity index (χ2v) is 4.66. The Morgan fingerprint density at radius 3 is 2.94 bits per heavy atom. The molecule has 0 aliphatic heterocycles. The van der Waals surface area contributed by atoms with Gasteiger partial charge in [0.2, 0.25) is 0 Å². The first kappa shape index (κ1) is 14.8. The van der Waals surface area contributed by atoms with E-state index in [4.69, 9.17) is 16.3 Å². The zero-order valence-corrected chi connectivity index (χ0v) is 11.3. The van der Waals surface area contributed by atoms with E-state index in [1.165, 1.54) is 0 Å². The van der Waals surface area contributed by atoms with Crippen molar-refractivity contribution in [3.63, 3.8) is 0 Å². The van der Waals surface area contributed by atoms with Gasteiger partial charge in [0.05, 0.1) is 12.0 Å². The van der Waals surface area contributed by atoms with Crippen LogP contribution in [-0.2, 0) is 4.74 Å². The van der Waals surface area contributed by atoms with E-state index in [9.17, 15) is 9.90 Å². The molecule has 1 aromatic rings. The summed E-state index contributed by atoms with van der Waals surface area (Å²) in [7, 11) is 1.59. The van der Waals surface area contributed by atoms with Gasteiger partial charge in [-0.05, 0) is 25.5 Å². The number of hydrogen-bond acceptors (Lipinski definition) is 3. The van der Waals surface area contributed by atoms with Crippen LogP contribution in [0, 0.1) is 6.92 Å². The highest BCUT2D eigenvalue weighted by molar-refractivity contribution is 6.20. The minimum Gasteiger partial charge on any atom is -0.508 e. The molecule has 0 bridgehead atoms. The fourth-order valence-corrected chi connectivity index (χ4v) is 1.81. The van der Waals surface area contributed by atoms with Crippen molar-refractivity contribution in [3.05, 3.63) is 29.3 Å². The maximum absolute atomic E-state index is 11.9. The van der Waals surface area contributed by atoms with Gasteiger partial charge in [-0.3, -0.25) is 4.79 Å². The van der Waals surface area contributed by atoms with Crippen LogP contribution in [0.5, 0.6) is 5.75 Å². The first-order valence-corrected chi connectivity index (χ1v) is 6.19.